The lowest BCUT2D eigenvalue weighted by molar-refractivity contribution is 0.0988. The number of carbonyl (C=O) groups is 1. The van der Waals surface area contributed by atoms with Crippen LogP contribution < -0.4 is 14.2 Å². The molecule has 2 aliphatic rings. The van der Waals surface area contributed by atoms with Crippen LogP contribution in [0.5, 0.6) is 17.4 Å². The fourth-order valence-corrected chi connectivity index (χ4v) is 4.96. The van der Waals surface area contributed by atoms with Crippen molar-refractivity contribution in [2.24, 2.45) is 0 Å². The second-order valence-electron chi connectivity index (χ2n) is 9.21. The predicted molar refractivity (Wildman–Crippen MR) is 137 cm³/mol. The standard InChI is InChI=1S/C29H31N3O4/c1-4-25(33)18-9-10-19(26(14-18)35-3)15-27-31-24-12-11-23(20-13-22(34-2)17-30-16-20)28(24)29(32-27)36-21-7-5-6-8-21/h9-11,13-14,16-17,21H,4-8,12,15H2,1-3H3. The number of methoxy groups -OCH3 is 2. The molecule has 7 heteroatoms. The summed E-state index contributed by atoms with van der Waals surface area (Å²) in [4.78, 5) is 26.4. The van der Waals surface area contributed by atoms with E-state index in [0.717, 1.165) is 40.8 Å². The number of fused-ring (bicyclic) bond motifs is 1. The largest absolute Gasteiger partial charge is 0.496 e. The molecule has 0 saturated heterocycles. The van der Waals surface area contributed by atoms with Crippen LogP contribution in [0.1, 0.15) is 77.6 Å². The first kappa shape index (κ1) is 24.0. The molecule has 7 nitrogen and oxygen atoms in total. The molecule has 2 aliphatic carbocycles. The summed E-state index contributed by atoms with van der Waals surface area (Å²) in [7, 11) is 3.26. The van der Waals surface area contributed by atoms with Gasteiger partial charge in [0.2, 0.25) is 5.88 Å². The van der Waals surface area contributed by atoms with Gasteiger partial charge in [-0.25, -0.2) is 4.98 Å². The summed E-state index contributed by atoms with van der Waals surface area (Å²) in [5.41, 5.74) is 5.45. The summed E-state index contributed by atoms with van der Waals surface area (Å²) in [5.74, 6) is 2.76. The molecule has 1 saturated carbocycles. The minimum Gasteiger partial charge on any atom is -0.496 e. The summed E-state index contributed by atoms with van der Waals surface area (Å²) in [6.07, 6.45) is 11.9. The van der Waals surface area contributed by atoms with Gasteiger partial charge >= 0.3 is 0 Å². The van der Waals surface area contributed by atoms with Crippen LogP contribution in [0.25, 0.3) is 5.57 Å². The van der Waals surface area contributed by atoms with E-state index < -0.39 is 0 Å². The summed E-state index contributed by atoms with van der Waals surface area (Å²) in [5, 5.41) is 0. The lowest BCUT2D eigenvalue weighted by Gasteiger charge is -2.18. The van der Waals surface area contributed by atoms with Gasteiger partial charge in [-0.15, -0.1) is 0 Å². The molecule has 0 bridgehead atoms. The number of ketones is 1. The molecule has 5 rings (SSSR count). The first-order chi connectivity index (χ1) is 17.6. The molecule has 3 aromatic rings. The van der Waals surface area contributed by atoms with Gasteiger partial charge in [0.25, 0.3) is 0 Å². The number of rotatable bonds is 9. The third-order valence-electron chi connectivity index (χ3n) is 6.89. The monoisotopic (exact) mass is 485 g/mol. The van der Waals surface area contributed by atoms with Gasteiger partial charge < -0.3 is 14.2 Å². The maximum Gasteiger partial charge on any atom is 0.225 e. The van der Waals surface area contributed by atoms with Crippen molar-refractivity contribution in [2.75, 3.05) is 14.2 Å². The highest BCUT2D eigenvalue weighted by Gasteiger charge is 2.28. The smallest absolute Gasteiger partial charge is 0.225 e. The van der Waals surface area contributed by atoms with Crippen molar-refractivity contribution in [1.82, 2.24) is 15.0 Å². The number of Topliss-reactive ketones (excluding diaryl/α,β-unsaturated/α-hetero) is 1. The quantitative estimate of drug-likeness (QED) is 0.376. The highest BCUT2D eigenvalue weighted by Crippen LogP contribution is 2.39. The maximum absolute atomic E-state index is 12.2. The molecule has 0 atom stereocenters. The fourth-order valence-electron chi connectivity index (χ4n) is 4.96. The van der Waals surface area contributed by atoms with Crippen LogP contribution in [0.2, 0.25) is 0 Å². The third kappa shape index (κ3) is 4.83. The van der Waals surface area contributed by atoms with Gasteiger partial charge in [-0.1, -0.05) is 25.1 Å². The summed E-state index contributed by atoms with van der Waals surface area (Å²) < 4.78 is 17.5. The van der Waals surface area contributed by atoms with Gasteiger partial charge in [-0.3, -0.25) is 9.78 Å². The Labute approximate surface area is 211 Å². The summed E-state index contributed by atoms with van der Waals surface area (Å²) >= 11 is 0. The van der Waals surface area contributed by atoms with Crippen LogP contribution in [0.4, 0.5) is 0 Å². The second-order valence-corrected chi connectivity index (χ2v) is 9.21. The Bertz CT molecular complexity index is 1310. The molecule has 36 heavy (non-hydrogen) atoms. The Balaban J connectivity index is 1.51. The van der Waals surface area contributed by atoms with Crippen LogP contribution in [0.3, 0.4) is 0 Å². The zero-order valence-corrected chi connectivity index (χ0v) is 21.0. The maximum atomic E-state index is 12.2. The highest BCUT2D eigenvalue weighted by molar-refractivity contribution is 5.96. The number of pyridine rings is 1. The van der Waals surface area contributed by atoms with E-state index in [0.29, 0.717) is 48.0 Å². The van der Waals surface area contributed by atoms with Crippen LogP contribution >= 0.6 is 0 Å². The molecular weight excluding hydrogens is 454 g/mol. The van der Waals surface area contributed by atoms with E-state index in [4.69, 9.17) is 24.2 Å². The number of carbonyl (C=O) groups excluding carboxylic acids is 1. The number of benzene rings is 1. The zero-order valence-electron chi connectivity index (χ0n) is 21.0. The van der Waals surface area contributed by atoms with E-state index in [1.54, 1.807) is 26.5 Å². The molecule has 186 valence electrons. The topological polar surface area (TPSA) is 83.4 Å². The zero-order chi connectivity index (χ0) is 25.1. The fraction of sp³-hybridized carbons (Fsp3) is 0.379. The Morgan fingerprint density at radius 3 is 2.64 bits per heavy atom. The molecule has 0 radical (unpaired) electrons. The average Bonchev–Trinajstić information content (AvgIpc) is 3.58. The number of aromatic nitrogens is 3. The van der Waals surface area contributed by atoms with Crippen molar-refractivity contribution in [3.05, 3.63) is 76.5 Å². The van der Waals surface area contributed by atoms with Gasteiger partial charge in [-0.2, -0.15) is 4.98 Å². The van der Waals surface area contributed by atoms with E-state index in [9.17, 15) is 4.79 Å². The average molecular weight is 486 g/mol. The molecule has 1 aromatic carbocycles. The Morgan fingerprint density at radius 2 is 1.89 bits per heavy atom. The number of allylic oxidation sites excluding steroid dienone is 1. The van der Waals surface area contributed by atoms with Crippen molar-refractivity contribution >= 4 is 11.4 Å². The van der Waals surface area contributed by atoms with E-state index in [2.05, 4.69) is 11.1 Å². The van der Waals surface area contributed by atoms with Gasteiger partial charge in [0, 0.05) is 42.1 Å². The molecule has 0 aliphatic heterocycles. The van der Waals surface area contributed by atoms with E-state index in [1.807, 2.05) is 31.3 Å². The van der Waals surface area contributed by atoms with E-state index in [-0.39, 0.29) is 11.9 Å². The molecule has 0 unspecified atom stereocenters. The van der Waals surface area contributed by atoms with Crippen LogP contribution in [0, 0.1) is 0 Å². The van der Waals surface area contributed by atoms with E-state index in [1.165, 1.54) is 12.8 Å². The van der Waals surface area contributed by atoms with Crippen molar-refractivity contribution < 1.29 is 19.0 Å². The van der Waals surface area contributed by atoms with Crippen molar-refractivity contribution in [3.8, 4) is 17.4 Å². The molecule has 0 amide bonds. The van der Waals surface area contributed by atoms with Crippen LogP contribution in [-0.4, -0.2) is 41.1 Å². The van der Waals surface area contributed by atoms with Gasteiger partial charge in [0.1, 0.15) is 23.4 Å². The molecular formula is C29H31N3O4. The summed E-state index contributed by atoms with van der Waals surface area (Å²) in [6, 6.07) is 7.56. The Hall–Kier alpha value is -3.74. The van der Waals surface area contributed by atoms with Crippen LogP contribution in [-0.2, 0) is 12.8 Å². The lowest BCUT2D eigenvalue weighted by Crippen LogP contribution is -2.15. The van der Waals surface area contributed by atoms with Gasteiger partial charge in [0.05, 0.1) is 31.7 Å². The van der Waals surface area contributed by atoms with Crippen molar-refractivity contribution in [2.45, 2.75) is 58.0 Å². The van der Waals surface area contributed by atoms with Crippen LogP contribution in [0.15, 0.2) is 42.7 Å². The van der Waals surface area contributed by atoms with Gasteiger partial charge in [0.15, 0.2) is 5.78 Å². The highest BCUT2D eigenvalue weighted by atomic mass is 16.5. The molecule has 1 fully saturated rings. The number of nitrogens with zero attached hydrogens (tertiary/aromatic N) is 3. The Kier molecular flexibility index (Phi) is 6.98. The number of hydrogen-bond donors (Lipinski definition) is 0. The molecule has 0 N–H and O–H groups in total. The number of ether oxygens (including phenoxy) is 3. The first-order valence-corrected chi connectivity index (χ1v) is 12.6. The predicted octanol–water partition coefficient (Wildman–Crippen LogP) is 5.38. The summed E-state index contributed by atoms with van der Waals surface area (Å²) in [6.45, 7) is 1.86. The minimum atomic E-state index is 0.0894. The second kappa shape index (κ2) is 10.5. The Morgan fingerprint density at radius 1 is 1.06 bits per heavy atom. The minimum absolute atomic E-state index is 0.0894. The third-order valence-corrected chi connectivity index (χ3v) is 6.89. The van der Waals surface area contributed by atoms with Gasteiger partial charge in [-0.05, 0) is 43.4 Å². The number of hydrogen-bond acceptors (Lipinski definition) is 7. The van der Waals surface area contributed by atoms with Crippen molar-refractivity contribution in [1.29, 1.82) is 0 Å². The molecule has 0 spiro atoms. The first-order valence-electron chi connectivity index (χ1n) is 12.6. The SMILES string of the molecule is CCC(=O)c1ccc(Cc2nc3c(c(OC4CCCC4)n2)C(c2cncc(OC)c2)=CC3)c(OC)c1. The normalized spacial score (nSPS) is 14.9. The molecule has 2 heterocycles. The van der Waals surface area contributed by atoms with E-state index >= 15 is 0 Å². The van der Waals surface area contributed by atoms with Crippen molar-refractivity contribution in [3.63, 3.8) is 0 Å². The molecule has 2 aromatic heterocycles. The lowest BCUT2D eigenvalue weighted by atomic mass is 10.0.